The molecule has 3 nitrogen and oxygen atoms in total. The zero-order valence-electron chi connectivity index (χ0n) is 8.64. The van der Waals surface area contributed by atoms with Crippen LogP contribution in [-0.2, 0) is 0 Å². The van der Waals surface area contributed by atoms with E-state index >= 15 is 0 Å². The third-order valence-electron chi connectivity index (χ3n) is 2.77. The van der Waals surface area contributed by atoms with Crippen molar-refractivity contribution in [3.8, 4) is 0 Å². The van der Waals surface area contributed by atoms with E-state index < -0.39 is 5.60 Å². The standard InChI is InChI=1S/C10H21NO2/c1-9(2,8-12)6-11-7-10(13)4-3-5-10/h11-13H,3-8H2,1-2H3. The molecule has 0 aromatic rings. The average Bonchev–Trinajstić information content (AvgIpc) is 2.01. The molecule has 1 fully saturated rings. The Labute approximate surface area is 80.2 Å². The van der Waals surface area contributed by atoms with Crippen LogP contribution < -0.4 is 5.32 Å². The fraction of sp³-hybridized carbons (Fsp3) is 1.00. The van der Waals surface area contributed by atoms with Gasteiger partial charge in [-0.05, 0) is 19.3 Å². The largest absolute Gasteiger partial charge is 0.396 e. The molecule has 1 aliphatic carbocycles. The third-order valence-corrected chi connectivity index (χ3v) is 2.77. The molecule has 0 unspecified atom stereocenters. The Morgan fingerprint density at radius 1 is 1.38 bits per heavy atom. The SMILES string of the molecule is CC(C)(CO)CNCC1(O)CCC1. The molecule has 0 aromatic heterocycles. The highest BCUT2D eigenvalue weighted by molar-refractivity contribution is 4.89. The van der Waals surface area contributed by atoms with Gasteiger partial charge in [-0.25, -0.2) is 0 Å². The van der Waals surface area contributed by atoms with Gasteiger partial charge < -0.3 is 15.5 Å². The summed E-state index contributed by atoms with van der Waals surface area (Å²) in [5.41, 5.74) is -0.536. The zero-order chi connectivity index (χ0) is 9.95. The predicted octanol–water partition coefficient (Wildman–Crippen LogP) is 0.509. The Balaban J connectivity index is 2.13. The second kappa shape index (κ2) is 3.95. The van der Waals surface area contributed by atoms with Gasteiger partial charge in [0.1, 0.15) is 0 Å². The van der Waals surface area contributed by atoms with E-state index in [9.17, 15) is 5.11 Å². The van der Waals surface area contributed by atoms with Crippen LogP contribution in [0.25, 0.3) is 0 Å². The van der Waals surface area contributed by atoms with E-state index in [0.29, 0.717) is 6.54 Å². The zero-order valence-corrected chi connectivity index (χ0v) is 8.64. The van der Waals surface area contributed by atoms with Gasteiger partial charge in [-0.15, -0.1) is 0 Å². The number of aliphatic hydroxyl groups excluding tert-OH is 1. The van der Waals surface area contributed by atoms with Crippen molar-refractivity contribution >= 4 is 0 Å². The van der Waals surface area contributed by atoms with Gasteiger partial charge in [0, 0.05) is 25.1 Å². The molecule has 1 aliphatic rings. The maximum absolute atomic E-state index is 9.75. The highest BCUT2D eigenvalue weighted by Crippen LogP contribution is 2.30. The molecule has 0 heterocycles. The van der Waals surface area contributed by atoms with E-state index in [1.807, 2.05) is 13.8 Å². The Morgan fingerprint density at radius 2 is 2.00 bits per heavy atom. The first-order valence-electron chi connectivity index (χ1n) is 5.01. The molecule has 13 heavy (non-hydrogen) atoms. The summed E-state index contributed by atoms with van der Waals surface area (Å²) in [5.74, 6) is 0. The molecule has 0 aliphatic heterocycles. The maximum atomic E-state index is 9.75. The van der Waals surface area contributed by atoms with E-state index in [1.165, 1.54) is 0 Å². The quantitative estimate of drug-likeness (QED) is 0.588. The van der Waals surface area contributed by atoms with Gasteiger partial charge in [0.15, 0.2) is 0 Å². The first-order valence-corrected chi connectivity index (χ1v) is 5.01. The molecular weight excluding hydrogens is 166 g/mol. The number of hydrogen-bond donors (Lipinski definition) is 3. The first-order chi connectivity index (χ1) is 5.97. The Hall–Kier alpha value is -0.120. The summed E-state index contributed by atoms with van der Waals surface area (Å²) in [5, 5.41) is 22.0. The van der Waals surface area contributed by atoms with Gasteiger partial charge in [0.2, 0.25) is 0 Å². The lowest BCUT2D eigenvalue weighted by Crippen LogP contribution is -2.48. The summed E-state index contributed by atoms with van der Waals surface area (Å²) in [4.78, 5) is 0. The van der Waals surface area contributed by atoms with Crippen LogP contribution in [-0.4, -0.2) is 35.5 Å². The van der Waals surface area contributed by atoms with Gasteiger partial charge in [0.25, 0.3) is 0 Å². The van der Waals surface area contributed by atoms with Crippen LogP contribution in [0.4, 0.5) is 0 Å². The summed E-state index contributed by atoms with van der Waals surface area (Å²) in [6.45, 7) is 5.61. The summed E-state index contributed by atoms with van der Waals surface area (Å²) in [6, 6.07) is 0. The molecule has 0 saturated heterocycles. The van der Waals surface area contributed by atoms with E-state index in [-0.39, 0.29) is 12.0 Å². The molecule has 0 atom stereocenters. The number of nitrogens with one attached hydrogen (secondary N) is 1. The minimum absolute atomic E-state index is 0.0832. The molecule has 3 N–H and O–H groups in total. The minimum Gasteiger partial charge on any atom is -0.396 e. The smallest absolute Gasteiger partial charge is 0.0771 e. The first kappa shape index (κ1) is 11.0. The van der Waals surface area contributed by atoms with E-state index in [1.54, 1.807) is 0 Å². The van der Waals surface area contributed by atoms with Crippen molar-refractivity contribution in [2.45, 2.75) is 38.7 Å². The molecular formula is C10H21NO2. The number of aliphatic hydroxyl groups is 2. The van der Waals surface area contributed by atoms with Crippen LogP contribution in [0.5, 0.6) is 0 Å². The highest BCUT2D eigenvalue weighted by atomic mass is 16.3. The normalized spacial score (nSPS) is 21.2. The van der Waals surface area contributed by atoms with E-state index in [0.717, 1.165) is 25.8 Å². The van der Waals surface area contributed by atoms with E-state index in [2.05, 4.69) is 5.32 Å². The van der Waals surface area contributed by atoms with Crippen molar-refractivity contribution in [2.24, 2.45) is 5.41 Å². The molecule has 3 heteroatoms. The van der Waals surface area contributed by atoms with Crippen molar-refractivity contribution in [3.05, 3.63) is 0 Å². The van der Waals surface area contributed by atoms with Gasteiger partial charge in [-0.2, -0.15) is 0 Å². The molecule has 1 rings (SSSR count). The Bertz CT molecular complexity index is 153. The van der Waals surface area contributed by atoms with Gasteiger partial charge >= 0.3 is 0 Å². The summed E-state index contributed by atoms with van der Waals surface area (Å²) in [7, 11) is 0. The summed E-state index contributed by atoms with van der Waals surface area (Å²) in [6.07, 6.45) is 2.97. The summed E-state index contributed by atoms with van der Waals surface area (Å²) < 4.78 is 0. The number of rotatable bonds is 5. The topological polar surface area (TPSA) is 52.5 Å². The van der Waals surface area contributed by atoms with Crippen molar-refractivity contribution in [1.29, 1.82) is 0 Å². The lowest BCUT2D eigenvalue weighted by molar-refractivity contribution is -0.0332. The Morgan fingerprint density at radius 3 is 2.38 bits per heavy atom. The van der Waals surface area contributed by atoms with Crippen LogP contribution in [0.2, 0.25) is 0 Å². The van der Waals surface area contributed by atoms with Crippen molar-refractivity contribution in [1.82, 2.24) is 5.32 Å². The molecule has 0 bridgehead atoms. The highest BCUT2D eigenvalue weighted by Gasteiger charge is 2.34. The second-order valence-electron chi connectivity index (χ2n) is 5.00. The fourth-order valence-electron chi connectivity index (χ4n) is 1.45. The van der Waals surface area contributed by atoms with Gasteiger partial charge in [-0.3, -0.25) is 0 Å². The molecule has 0 aromatic carbocycles. The molecule has 1 saturated carbocycles. The van der Waals surface area contributed by atoms with Crippen LogP contribution in [0, 0.1) is 5.41 Å². The predicted molar refractivity (Wildman–Crippen MR) is 52.5 cm³/mol. The lowest BCUT2D eigenvalue weighted by Gasteiger charge is -2.37. The maximum Gasteiger partial charge on any atom is 0.0771 e. The molecule has 0 radical (unpaired) electrons. The van der Waals surface area contributed by atoms with Crippen molar-refractivity contribution < 1.29 is 10.2 Å². The van der Waals surface area contributed by atoms with E-state index in [4.69, 9.17) is 5.11 Å². The monoisotopic (exact) mass is 187 g/mol. The van der Waals surface area contributed by atoms with Crippen LogP contribution in [0.3, 0.4) is 0 Å². The Kier molecular flexibility index (Phi) is 3.33. The summed E-state index contributed by atoms with van der Waals surface area (Å²) >= 11 is 0. The fourth-order valence-corrected chi connectivity index (χ4v) is 1.45. The third kappa shape index (κ3) is 3.25. The second-order valence-corrected chi connectivity index (χ2v) is 5.00. The average molecular weight is 187 g/mol. The molecule has 78 valence electrons. The van der Waals surface area contributed by atoms with Crippen LogP contribution in [0.15, 0.2) is 0 Å². The van der Waals surface area contributed by atoms with Crippen molar-refractivity contribution in [2.75, 3.05) is 19.7 Å². The van der Waals surface area contributed by atoms with Crippen molar-refractivity contribution in [3.63, 3.8) is 0 Å². The molecule has 0 amide bonds. The van der Waals surface area contributed by atoms with Crippen LogP contribution >= 0.6 is 0 Å². The number of hydrogen-bond acceptors (Lipinski definition) is 3. The minimum atomic E-state index is -0.453. The lowest BCUT2D eigenvalue weighted by atomic mass is 9.80. The molecule has 0 spiro atoms. The van der Waals surface area contributed by atoms with Gasteiger partial charge in [0.05, 0.1) is 5.60 Å². The van der Waals surface area contributed by atoms with Crippen LogP contribution in [0.1, 0.15) is 33.1 Å². The van der Waals surface area contributed by atoms with Gasteiger partial charge in [-0.1, -0.05) is 13.8 Å².